The van der Waals surface area contributed by atoms with Gasteiger partial charge in [-0.05, 0) is 37.4 Å². The molecule has 2 rings (SSSR count). The molecule has 0 aromatic heterocycles. The van der Waals surface area contributed by atoms with E-state index in [0.717, 1.165) is 25.3 Å². The summed E-state index contributed by atoms with van der Waals surface area (Å²) < 4.78 is 14.0. The van der Waals surface area contributed by atoms with Crippen molar-refractivity contribution in [2.45, 2.75) is 38.8 Å². The summed E-state index contributed by atoms with van der Waals surface area (Å²) in [6, 6.07) is 7.00. The number of hydrogen-bond donors (Lipinski definition) is 1. The fourth-order valence-electron chi connectivity index (χ4n) is 2.97. The van der Waals surface area contributed by atoms with Crippen molar-refractivity contribution in [2.75, 3.05) is 13.1 Å². The number of nitriles is 1. The van der Waals surface area contributed by atoms with Crippen LogP contribution in [-0.2, 0) is 6.54 Å². The maximum Gasteiger partial charge on any atom is 0.129 e. The van der Waals surface area contributed by atoms with Crippen LogP contribution in [0.3, 0.4) is 0 Å². The highest BCUT2D eigenvalue weighted by molar-refractivity contribution is 5.32. The lowest BCUT2D eigenvalue weighted by Crippen LogP contribution is -2.46. The van der Waals surface area contributed by atoms with Gasteiger partial charge < -0.3 is 5.73 Å². The number of halogens is 1. The molecule has 0 spiro atoms. The molecule has 0 saturated carbocycles. The van der Waals surface area contributed by atoms with E-state index in [1.54, 1.807) is 12.1 Å². The van der Waals surface area contributed by atoms with Crippen molar-refractivity contribution in [1.82, 2.24) is 4.90 Å². The average Bonchev–Trinajstić information content (AvgIpc) is 2.49. The number of hydrogen-bond acceptors (Lipinski definition) is 3. The SMILES string of the molecule is CCC1CCN(Cc2ccc(C#N)cc2F)C(CN)C1. The van der Waals surface area contributed by atoms with Crippen LogP contribution in [0.4, 0.5) is 4.39 Å². The highest BCUT2D eigenvalue weighted by atomic mass is 19.1. The van der Waals surface area contributed by atoms with E-state index in [2.05, 4.69) is 11.8 Å². The minimum Gasteiger partial charge on any atom is -0.329 e. The van der Waals surface area contributed by atoms with Crippen LogP contribution in [0.5, 0.6) is 0 Å². The summed E-state index contributed by atoms with van der Waals surface area (Å²) in [4.78, 5) is 2.27. The number of likely N-dealkylation sites (tertiary alicyclic amines) is 1. The quantitative estimate of drug-likeness (QED) is 0.919. The topological polar surface area (TPSA) is 53.0 Å². The zero-order valence-electron chi connectivity index (χ0n) is 12.0. The van der Waals surface area contributed by atoms with E-state index in [-0.39, 0.29) is 5.82 Å². The van der Waals surface area contributed by atoms with Crippen LogP contribution >= 0.6 is 0 Å². The summed E-state index contributed by atoms with van der Waals surface area (Å²) in [5.74, 6) is 0.447. The van der Waals surface area contributed by atoms with E-state index < -0.39 is 0 Å². The molecular formula is C16H22FN3. The van der Waals surface area contributed by atoms with Crippen LogP contribution in [0.2, 0.25) is 0 Å². The van der Waals surface area contributed by atoms with Gasteiger partial charge in [-0.1, -0.05) is 19.4 Å². The van der Waals surface area contributed by atoms with Crippen molar-refractivity contribution < 1.29 is 4.39 Å². The maximum absolute atomic E-state index is 14.0. The van der Waals surface area contributed by atoms with Crippen molar-refractivity contribution in [3.05, 3.63) is 35.1 Å². The molecule has 2 atom stereocenters. The zero-order valence-corrected chi connectivity index (χ0v) is 12.0. The van der Waals surface area contributed by atoms with Gasteiger partial charge in [-0.3, -0.25) is 4.90 Å². The second-order valence-electron chi connectivity index (χ2n) is 5.58. The molecule has 0 bridgehead atoms. The molecule has 108 valence electrons. The summed E-state index contributed by atoms with van der Waals surface area (Å²) >= 11 is 0. The van der Waals surface area contributed by atoms with Gasteiger partial charge in [0.2, 0.25) is 0 Å². The van der Waals surface area contributed by atoms with Crippen LogP contribution in [-0.4, -0.2) is 24.0 Å². The molecule has 0 radical (unpaired) electrons. The third-order valence-corrected chi connectivity index (χ3v) is 4.35. The number of benzene rings is 1. The van der Waals surface area contributed by atoms with Crippen molar-refractivity contribution in [3.63, 3.8) is 0 Å². The summed E-state index contributed by atoms with van der Waals surface area (Å²) in [6.07, 6.45) is 3.45. The Morgan fingerprint density at radius 1 is 1.50 bits per heavy atom. The smallest absolute Gasteiger partial charge is 0.129 e. The maximum atomic E-state index is 14.0. The molecule has 0 aliphatic carbocycles. The Morgan fingerprint density at radius 2 is 2.30 bits per heavy atom. The molecule has 2 unspecified atom stereocenters. The fraction of sp³-hybridized carbons (Fsp3) is 0.562. The summed E-state index contributed by atoms with van der Waals surface area (Å²) in [5, 5.41) is 8.77. The van der Waals surface area contributed by atoms with E-state index in [1.807, 2.05) is 6.07 Å². The Balaban J connectivity index is 2.07. The normalized spacial score (nSPS) is 23.5. The number of nitrogens with two attached hydrogens (primary N) is 1. The highest BCUT2D eigenvalue weighted by Gasteiger charge is 2.27. The first-order chi connectivity index (χ1) is 9.67. The van der Waals surface area contributed by atoms with E-state index in [0.29, 0.717) is 30.3 Å². The van der Waals surface area contributed by atoms with Crippen LogP contribution in [0.25, 0.3) is 0 Å². The molecule has 0 amide bonds. The Bertz CT molecular complexity index is 495. The molecule has 1 aromatic carbocycles. The second-order valence-corrected chi connectivity index (χ2v) is 5.58. The van der Waals surface area contributed by atoms with E-state index >= 15 is 0 Å². The van der Waals surface area contributed by atoms with Gasteiger partial charge in [0, 0.05) is 24.7 Å². The van der Waals surface area contributed by atoms with Crippen molar-refractivity contribution in [3.8, 4) is 6.07 Å². The van der Waals surface area contributed by atoms with Crippen molar-refractivity contribution in [2.24, 2.45) is 11.7 Å². The van der Waals surface area contributed by atoms with E-state index in [4.69, 9.17) is 11.0 Å². The van der Waals surface area contributed by atoms with E-state index in [9.17, 15) is 4.39 Å². The molecule has 2 N–H and O–H groups in total. The van der Waals surface area contributed by atoms with Gasteiger partial charge in [0.25, 0.3) is 0 Å². The lowest BCUT2D eigenvalue weighted by atomic mass is 9.88. The van der Waals surface area contributed by atoms with Gasteiger partial charge in [-0.25, -0.2) is 4.39 Å². The lowest BCUT2D eigenvalue weighted by Gasteiger charge is -2.39. The molecule has 1 aliphatic rings. The third-order valence-electron chi connectivity index (χ3n) is 4.35. The predicted molar refractivity (Wildman–Crippen MR) is 77.4 cm³/mol. The fourth-order valence-corrected chi connectivity index (χ4v) is 2.97. The van der Waals surface area contributed by atoms with Gasteiger partial charge in [-0.2, -0.15) is 5.26 Å². The van der Waals surface area contributed by atoms with E-state index in [1.165, 1.54) is 12.5 Å². The molecule has 1 fully saturated rings. The minimum atomic E-state index is -0.294. The summed E-state index contributed by atoms with van der Waals surface area (Å²) in [5.41, 5.74) is 6.89. The van der Waals surface area contributed by atoms with Crippen molar-refractivity contribution in [1.29, 1.82) is 5.26 Å². The predicted octanol–water partition coefficient (Wildman–Crippen LogP) is 2.65. The Kier molecular flexibility index (Phi) is 5.11. The molecule has 3 nitrogen and oxygen atoms in total. The first-order valence-electron chi connectivity index (χ1n) is 7.30. The molecule has 1 aromatic rings. The zero-order chi connectivity index (χ0) is 14.5. The van der Waals surface area contributed by atoms with Gasteiger partial charge in [0.1, 0.15) is 5.82 Å². The number of piperidine rings is 1. The van der Waals surface area contributed by atoms with Crippen molar-refractivity contribution >= 4 is 0 Å². The second kappa shape index (κ2) is 6.83. The van der Waals surface area contributed by atoms with Gasteiger partial charge in [0.15, 0.2) is 0 Å². The largest absolute Gasteiger partial charge is 0.329 e. The first kappa shape index (κ1) is 15.0. The molecular weight excluding hydrogens is 253 g/mol. The van der Waals surface area contributed by atoms with Crippen LogP contribution in [0.15, 0.2) is 18.2 Å². The molecule has 1 saturated heterocycles. The Hall–Kier alpha value is -1.44. The Labute approximate surface area is 120 Å². The lowest BCUT2D eigenvalue weighted by molar-refractivity contribution is 0.106. The van der Waals surface area contributed by atoms with Crippen LogP contribution in [0, 0.1) is 23.1 Å². The van der Waals surface area contributed by atoms with Crippen LogP contribution in [0.1, 0.15) is 37.3 Å². The van der Waals surface area contributed by atoms with Gasteiger partial charge >= 0.3 is 0 Å². The highest BCUT2D eigenvalue weighted by Crippen LogP contribution is 2.26. The van der Waals surface area contributed by atoms with Gasteiger partial charge in [-0.15, -0.1) is 0 Å². The molecule has 1 heterocycles. The molecule has 20 heavy (non-hydrogen) atoms. The molecule has 4 heteroatoms. The summed E-state index contributed by atoms with van der Waals surface area (Å²) in [7, 11) is 0. The average molecular weight is 275 g/mol. The van der Waals surface area contributed by atoms with Crippen LogP contribution < -0.4 is 5.73 Å². The first-order valence-corrected chi connectivity index (χ1v) is 7.30. The number of rotatable bonds is 4. The van der Waals surface area contributed by atoms with Gasteiger partial charge in [0.05, 0.1) is 11.6 Å². The monoisotopic (exact) mass is 275 g/mol. The summed E-state index contributed by atoms with van der Waals surface area (Å²) in [6.45, 7) is 4.39. The minimum absolute atomic E-state index is 0.294. The third kappa shape index (κ3) is 3.36. The standard InChI is InChI=1S/C16H22FN3/c1-2-12-5-6-20(15(7-12)10-19)11-14-4-3-13(9-18)8-16(14)17/h3-4,8,12,15H,2,5-7,10-11,19H2,1H3. The number of nitrogens with zero attached hydrogens (tertiary/aromatic N) is 2. The Morgan fingerprint density at radius 3 is 2.90 bits per heavy atom. The molecule has 1 aliphatic heterocycles.